The van der Waals surface area contributed by atoms with Gasteiger partial charge in [0.15, 0.2) is 17.7 Å². The summed E-state index contributed by atoms with van der Waals surface area (Å²) >= 11 is 0. The number of hydrogen-bond donors (Lipinski definition) is 1. The number of halogens is 2. The molecule has 3 atom stereocenters. The van der Waals surface area contributed by atoms with Crippen LogP contribution in [0.5, 0.6) is 0 Å². The second-order valence-electron chi connectivity index (χ2n) is 5.94. The van der Waals surface area contributed by atoms with Gasteiger partial charge in [-0.25, -0.2) is 13.6 Å². The smallest absolute Gasteiger partial charge is 0.338 e. The Hall–Kier alpha value is -2.80. The summed E-state index contributed by atoms with van der Waals surface area (Å²) in [4.78, 5) is 24.2. The topological polar surface area (TPSA) is 64.6 Å². The highest BCUT2D eigenvalue weighted by Crippen LogP contribution is 2.25. The molecule has 1 aliphatic heterocycles. The molecule has 2 aromatic carbocycles. The number of esters is 1. The van der Waals surface area contributed by atoms with Crippen LogP contribution >= 0.6 is 0 Å². The van der Waals surface area contributed by atoms with Crippen LogP contribution in [0.25, 0.3) is 0 Å². The van der Waals surface area contributed by atoms with Crippen molar-refractivity contribution in [2.75, 3.05) is 6.54 Å². The first kappa shape index (κ1) is 18.0. The van der Waals surface area contributed by atoms with Gasteiger partial charge >= 0.3 is 5.97 Å². The highest BCUT2D eigenvalue weighted by Gasteiger charge is 2.36. The summed E-state index contributed by atoms with van der Waals surface area (Å²) in [5.74, 6) is -2.97. The van der Waals surface area contributed by atoms with Crippen LogP contribution in [0.2, 0.25) is 0 Å². The Balaban J connectivity index is 1.70. The molecule has 1 aliphatic rings. The third kappa shape index (κ3) is 3.88. The number of amides is 1. The molecule has 5 nitrogen and oxygen atoms in total. The van der Waals surface area contributed by atoms with Crippen LogP contribution in [0.1, 0.15) is 28.9 Å². The zero-order chi connectivity index (χ0) is 18.7. The zero-order valence-electron chi connectivity index (χ0n) is 13.9. The fraction of sp³-hybridized carbons (Fsp3) is 0.263. The Bertz CT molecular complexity index is 812. The van der Waals surface area contributed by atoms with Crippen molar-refractivity contribution in [1.29, 1.82) is 0 Å². The number of benzene rings is 2. The fourth-order valence-electron chi connectivity index (χ4n) is 2.69. The maximum absolute atomic E-state index is 13.4. The molecular formula is C19H17F2NO4. The normalized spacial score (nSPS) is 21.0. The predicted molar refractivity (Wildman–Crippen MR) is 88.3 cm³/mol. The van der Waals surface area contributed by atoms with Crippen molar-refractivity contribution in [3.63, 3.8) is 0 Å². The number of carbonyl (C=O) groups is 2. The number of carbonyl (C=O) groups excluding carboxylic acids is 2. The average molecular weight is 361 g/mol. The van der Waals surface area contributed by atoms with Crippen molar-refractivity contribution in [3.05, 3.63) is 71.3 Å². The predicted octanol–water partition coefficient (Wildman–Crippen LogP) is 2.77. The van der Waals surface area contributed by atoms with E-state index in [9.17, 15) is 18.4 Å². The highest BCUT2D eigenvalue weighted by molar-refractivity contribution is 5.90. The van der Waals surface area contributed by atoms with E-state index in [4.69, 9.17) is 9.47 Å². The molecule has 3 unspecified atom stereocenters. The zero-order valence-corrected chi connectivity index (χ0v) is 13.9. The molecule has 0 aromatic heterocycles. The maximum atomic E-state index is 13.4. The van der Waals surface area contributed by atoms with Crippen LogP contribution in [0.3, 0.4) is 0 Å². The van der Waals surface area contributed by atoms with Crippen molar-refractivity contribution >= 4 is 11.9 Å². The number of ether oxygens (including phenoxy) is 2. The van der Waals surface area contributed by atoms with E-state index >= 15 is 0 Å². The molecule has 0 spiro atoms. The van der Waals surface area contributed by atoms with Gasteiger partial charge in [0.25, 0.3) is 5.91 Å². The standard InChI is InChI=1S/C19H17F2NO4/c1-11(25-19(24)12-5-3-2-4-6-12)17-18(23)22-10-16(26-17)13-7-8-14(20)15(21)9-13/h2-9,11,16-17H,10H2,1H3,(H,22,23). The van der Waals surface area contributed by atoms with Crippen LogP contribution < -0.4 is 5.32 Å². The van der Waals surface area contributed by atoms with Gasteiger partial charge in [0.1, 0.15) is 12.2 Å². The molecule has 1 saturated heterocycles. The first-order valence-corrected chi connectivity index (χ1v) is 8.10. The summed E-state index contributed by atoms with van der Waals surface area (Å²) in [6.45, 7) is 1.65. The van der Waals surface area contributed by atoms with E-state index in [2.05, 4.69) is 5.32 Å². The Morgan fingerprint density at radius 2 is 1.92 bits per heavy atom. The van der Waals surface area contributed by atoms with E-state index in [0.717, 1.165) is 12.1 Å². The van der Waals surface area contributed by atoms with Crippen LogP contribution in [-0.2, 0) is 14.3 Å². The molecule has 1 N–H and O–H groups in total. The molecule has 0 saturated carbocycles. The summed E-state index contributed by atoms with van der Waals surface area (Å²) in [6, 6.07) is 11.8. The van der Waals surface area contributed by atoms with E-state index in [1.54, 1.807) is 37.3 Å². The minimum atomic E-state index is -1.06. The van der Waals surface area contributed by atoms with Gasteiger partial charge in [-0.2, -0.15) is 0 Å². The number of nitrogens with one attached hydrogen (secondary N) is 1. The van der Waals surface area contributed by atoms with Gasteiger partial charge in [-0.15, -0.1) is 0 Å². The molecule has 3 rings (SSSR count). The second kappa shape index (κ2) is 7.61. The van der Waals surface area contributed by atoms with Crippen molar-refractivity contribution in [3.8, 4) is 0 Å². The summed E-state index contributed by atoms with van der Waals surface area (Å²) in [5.41, 5.74) is 0.739. The SMILES string of the molecule is CC(OC(=O)c1ccccc1)C1OC(c2ccc(F)c(F)c2)CNC1=O. The lowest BCUT2D eigenvalue weighted by molar-refractivity contribution is -0.155. The van der Waals surface area contributed by atoms with E-state index in [0.29, 0.717) is 11.1 Å². The third-order valence-electron chi connectivity index (χ3n) is 4.08. The molecule has 26 heavy (non-hydrogen) atoms. The van der Waals surface area contributed by atoms with Gasteiger partial charge in [0.2, 0.25) is 0 Å². The summed E-state index contributed by atoms with van der Waals surface area (Å²) < 4.78 is 37.5. The number of hydrogen-bond acceptors (Lipinski definition) is 4. The Morgan fingerprint density at radius 3 is 2.62 bits per heavy atom. The number of morpholine rings is 1. The third-order valence-corrected chi connectivity index (χ3v) is 4.08. The molecule has 1 fully saturated rings. The minimum absolute atomic E-state index is 0.111. The molecule has 0 radical (unpaired) electrons. The van der Waals surface area contributed by atoms with Crippen LogP contribution in [0.4, 0.5) is 8.78 Å². The largest absolute Gasteiger partial charge is 0.456 e. The Kier molecular flexibility index (Phi) is 5.27. The molecule has 0 bridgehead atoms. The first-order chi connectivity index (χ1) is 12.5. The summed E-state index contributed by atoms with van der Waals surface area (Å²) in [5, 5.41) is 2.64. The molecule has 136 valence electrons. The van der Waals surface area contributed by atoms with Gasteiger partial charge < -0.3 is 14.8 Å². The van der Waals surface area contributed by atoms with E-state index in [1.807, 2.05) is 0 Å². The van der Waals surface area contributed by atoms with E-state index < -0.39 is 41.8 Å². The van der Waals surface area contributed by atoms with Crippen molar-refractivity contribution in [1.82, 2.24) is 5.32 Å². The van der Waals surface area contributed by atoms with Gasteiger partial charge in [0, 0.05) is 6.54 Å². The molecule has 7 heteroatoms. The van der Waals surface area contributed by atoms with Crippen LogP contribution in [-0.4, -0.2) is 30.6 Å². The molecular weight excluding hydrogens is 344 g/mol. The Morgan fingerprint density at radius 1 is 1.19 bits per heavy atom. The van der Waals surface area contributed by atoms with Crippen molar-refractivity contribution < 1.29 is 27.8 Å². The van der Waals surface area contributed by atoms with Crippen LogP contribution in [0.15, 0.2) is 48.5 Å². The van der Waals surface area contributed by atoms with Crippen LogP contribution in [0, 0.1) is 11.6 Å². The van der Waals surface area contributed by atoms with Gasteiger partial charge in [-0.05, 0) is 36.8 Å². The van der Waals surface area contributed by atoms with Crippen molar-refractivity contribution in [2.45, 2.75) is 25.2 Å². The van der Waals surface area contributed by atoms with Gasteiger partial charge in [-0.3, -0.25) is 4.79 Å². The van der Waals surface area contributed by atoms with Gasteiger partial charge in [-0.1, -0.05) is 24.3 Å². The van der Waals surface area contributed by atoms with E-state index in [1.165, 1.54) is 6.07 Å². The summed E-state index contributed by atoms with van der Waals surface area (Å²) in [7, 11) is 0. The van der Waals surface area contributed by atoms with E-state index in [-0.39, 0.29) is 6.54 Å². The quantitative estimate of drug-likeness (QED) is 0.851. The monoisotopic (exact) mass is 361 g/mol. The van der Waals surface area contributed by atoms with Crippen molar-refractivity contribution in [2.24, 2.45) is 0 Å². The fourth-order valence-corrected chi connectivity index (χ4v) is 2.69. The lowest BCUT2D eigenvalue weighted by Gasteiger charge is -2.33. The maximum Gasteiger partial charge on any atom is 0.338 e. The first-order valence-electron chi connectivity index (χ1n) is 8.10. The molecule has 1 amide bonds. The average Bonchev–Trinajstić information content (AvgIpc) is 2.65. The summed E-state index contributed by atoms with van der Waals surface area (Å²) in [6.07, 6.45) is -2.60. The number of rotatable bonds is 4. The lowest BCUT2D eigenvalue weighted by Crippen LogP contribution is -2.51. The molecule has 2 aromatic rings. The minimum Gasteiger partial charge on any atom is -0.456 e. The second-order valence-corrected chi connectivity index (χ2v) is 5.94. The lowest BCUT2D eigenvalue weighted by atomic mass is 10.1. The van der Waals surface area contributed by atoms with Gasteiger partial charge in [0.05, 0.1) is 5.56 Å². The molecule has 0 aliphatic carbocycles. The Labute approximate surface area is 148 Å². The molecule has 1 heterocycles. The highest BCUT2D eigenvalue weighted by atomic mass is 19.2.